The lowest BCUT2D eigenvalue weighted by molar-refractivity contribution is 0.305. The van der Waals surface area contributed by atoms with Crippen molar-refractivity contribution < 1.29 is 18.9 Å². The van der Waals surface area contributed by atoms with Gasteiger partial charge in [0.05, 0.1) is 27.0 Å². The Morgan fingerprint density at radius 2 is 1.52 bits per heavy atom. The molecule has 0 saturated heterocycles. The third kappa shape index (κ3) is 3.51. The largest absolute Gasteiger partial charge is 0.497 e. The number of anilines is 1. The van der Waals surface area contributed by atoms with Crippen molar-refractivity contribution in [1.82, 2.24) is 0 Å². The summed E-state index contributed by atoms with van der Waals surface area (Å²) in [6, 6.07) is 11.0. The molecule has 0 aliphatic rings. The van der Waals surface area contributed by atoms with Crippen molar-refractivity contribution in [3.05, 3.63) is 42.0 Å². The fourth-order valence-corrected chi connectivity index (χ4v) is 1.92. The summed E-state index contributed by atoms with van der Waals surface area (Å²) in [7, 11) is 4.80. The first-order chi connectivity index (χ1) is 10.2. The summed E-state index contributed by atoms with van der Waals surface area (Å²) in [6.07, 6.45) is 0. The quantitative estimate of drug-likeness (QED) is 0.828. The van der Waals surface area contributed by atoms with E-state index >= 15 is 0 Å². The van der Waals surface area contributed by atoms with Crippen LogP contribution in [0.5, 0.6) is 23.0 Å². The summed E-state index contributed by atoms with van der Waals surface area (Å²) >= 11 is 0. The predicted octanol–water partition coefficient (Wildman–Crippen LogP) is 2.87. The van der Waals surface area contributed by atoms with Crippen LogP contribution in [0.1, 0.15) is 5.56 Å². The van der Waals surface area contributed by atoms with Gasteiger partial charge in [-0.3, -0.25) is 0 Å². The Balaban J connectivity index is 2.09. The van der Waals surface area contributed by atoms with Crippen LogP contribution in [0.4, 0.5) is 5.69 Å². The van der Waals surface area contributed by atoms with Gasteiger partial charge in [0.15, 0.2) is 11.5 Å². The SMILES string of the molecule is COc1ccc(OCc2ccc(OC)c(OC)c2)c(N)c1. The zero-order chi connectivity index (χ0) is 15.2. The third-order valence-corrected chi connectivity index (χ3v) is 3.06. The second-order valence-corrected chi connectivity index (χ2v) is 4.38. The number of rotatable bonds is 6. The Bertz CT molecular complexity index is 613. The number of methoxy groups -OCH3 is 3. The number of nitrogens with two attached hydrogens (primary N) is 1. The number of hydrogen-bond donors (Lipinski definition) is 1. The van der Waals surface area contributed by atoms with Gasteiger partial charge >= 0.3 is 0 Å². The molecule has 0 aliphatic carbocycles. The zero-order valence-electron chi connectivity index (χ0n) is 12.4. The molecular formula is C16H19NO4. The molecular weight excluding hydrogens is 270 g/mol. The minimum atomic E-state index is 0.386. The van der Waals surface area contributed by atoms with E-state index in [2.05, 4.69) is 0 Å². The predicted molar refractivity (Wildman–Crippen MR) is 81.3 cm³/mol. The van der Waals surface area contributed by atoms with Gasteiger partial charge in [-0.15, -0.1) is 0 Å². The minimum absolute atomic E-state index is 0.386. The van der Waals surface area contributed by atoms with Crippen molar-refractivity contribution in [2.24, 2.45) is 0 Å². The first-order valence-electron chi connectivity index (χ1n) is 6.45. The lowest BCUT2D eigenvalue weighted by atomic mass is 10.2. The average Bonchev–Trinajstić information content (AvgIpc) is 2.53. The minimum Gasteiger partial charge on any atom is -0.497 e. The van der Waals surface area contributed by atoms with Gasteiger partial charge in [0, 0.05) is 6.07 Å². The summed E-state index contributed by atoms with van der Waals surface area (Å²) in [4.78, 5) is 0. The van der Waals surface area contributed by atoms with Crippen molar-refractivity contribution in [1.29, 1.82) is 0 Å². The molecule has 0 aliphatic heterocycles. The average molecular weight is 289 g/mol. The van der Waals surface area contributed by atoms with Crippen molar-refractivity contribution in [3.8, 4) is 23.0 Å². The van der Waals surface area contributed by atoms with Gasteiger partial charge in [-0.2, -0.15) is 0 Å². The van der Waals surface area contributed by atoms with Crippen LogP contribution in [0, 0.1) is 0 Å². The molecule has 0 amide bonds. The zero-order valence-corrected chi connectivity index (χ0v) is 12.4. The van der Waals surface area contributed by atoms with Gasteiger partial charge in [0.1, 0.15) is 18.1 Å². The lowest BCUT2D eigenvalue weighted by Gasteiger charge is -2.12. The van der Waals surface area contributed by atoms with Crippen molar-refractivity contribution in [3.63, 3.8) is 0 Å². The Labute approximate surface area is 124 Å². The molecule has 21 heavy (non-hydrogen) atoms. The molecule has 0 bridgehead atoms. The fourth-order valence-electron chi connectivity index (χ4n) is 1.92. The molecule has 0 atom stereocenters. The Morgan fingerprint density at radius 1 is 0.810 bits per heavy atom. The van der Waals surface area contributed by atoms with E-state index in [4.69, 9.17) is 24.7 Å². The van der Waals surface area contributed by atoms with Crippen LogP contribution in [-0.4, -0.2) is 21.3 Å². The van der Waals surface area contributed by atoms with Crippen molar-refractivity contribution in [2.45, 2.75) is 6.61 Å². The highest BCUT2D eigenvalue weighted by Crippen LogP contribution is 2.30. The molecule has 2 aromatic carbocycles. The smallest absolute Gasteiger partial charge is 0.161 e. The summed E-state index contributed by atoms with van der Waals surface area (Å²) in [5.41, 5.74) is 7.41. The van der Waals surface area contributed by atoms with E-state index in [0.717, 1.165) is 5.56 Å². The van der Waals surface area contributed by atoms with Crippen LogP contribution < -0.4 is 24.7 Å². The molecule has 2 aromatic rings. The number of nitrogen functional groups attached to an aromatic ring is 1. The molecule has 0 saturated carbocycles. The second kappa shape index (κ2) is 6.74. The second-order valence-electron chi connectivity index (χ2n) is 4.38. The van der Waals surface area contributed by atoms with Crippen LogP contribution >= 0.6 is 0 Å². The number of hydrogen-bond acceptors (Lipinski definition) is 5. The maximum Gasteiger partial charge on any atom is 0.161 e. The van der Waals surface area contributed by atoms with E-state index in [1.54, 1.807) is 39.5 Å². The van der Waals surface area contributed by atoms with Gasteiger partial charge < -0.3 is 24.7 Å². The molecule has 0 heterocycles. The molecule has 5 heteroatoms. The van der Waals surface area contributed by atoms with E-state index in [1.165, 1.54) is 0 Å². The summed E-state index contributed by atoms with van der Waals surface area (Å²) in [5, 5.41) is 0. The highest BCUT2D eigenvalue weighted by Gasteiger charge is 2.07. The molecule has 0 spiro atoms. The van der Waals surface area contributed by atoms with Gasteiger partial charge in [-0.1, -0.05) is 6.07 Å². The topological polar surface area (TPSA) is 62.9 Å². The maximum absolute atomic E-state index is 5.91. The Hall–Kier alpha value is -2.56. The van der Waals surface area contributed by atoms with Crippen LogP contribution in [-0.2, 0) is 6.61 Å². The van der Waals surface area contributed by atoms with Crippen LogP contribution in [0.2, 0.25) is 0 Å². The molecule has 0 radical (unpaired) electrons. The van der Waals surface area contributed by atoms with Gasteiger partial charge in [-0.05, 0) is 29.8 Å². The van der Waals surface area contributed by atoms with Gasteiger partial charge in [0.25, 0.3) is 0 Å². The van der Waals surface area contributed by atoms with E-state index in [0.29, 0.717) is 35.3 Å². The summed E-state index contributed by atoms with van der Waals surface area (Å²) in [6.45, 7) is 0.386. The van der Waals surface area contributed by atoms with Gasteiger partial charge in [-0.25, -0.2) is 0 Å². The van der Waals surface area contributed by atoms with Gasteiger partial charge in [0.2, 0.25) is 0 Å². The molecule has 2 N–H and O–H groups in total. The normalized spacial score (nSPS) is 10.0. The molecule has 5 nitrogen and oxygen atoms in total. The Morgan fingerprint density at radius 3 is 2.14 bits per heavy atom. The molecule has 112 valence electrons. The van der Waals surface area contributed by atoms with Crippen LogP contribution in [0.15, 0.2) is 36.4 Å². The highest BCUT2D eigenvalue weighted by molar-refractivity contribution is 5.56. The first-order valence-corrected chi connectivity index (χ1v) is 6.45. The van der Waals surface area contributed by atoms with E-state index in [1.807, 2.05) is 18.2 Å². The third-order valence-electron chi connectivity index (χ3n) is 3.06. The summed E-state index contributed by atoms with van der Waals surface area (Å²) < 4.78 is 21.3. The maximum atomic E-state index is 5.91. The standard InChI is InChI=1S/C16H19NO4/c1-18-12-5-7-14(13(17)9-12)21-10-11-4-6-15(19-2)16(8-11)20-3/h4-9H,10,17H2,1-3H3. The first kappa shape index (κ1) is 14.8. The molecule has 0 unspecified atom stereocenters. The highest BCUT2D eigenvalue weighted by atomic mass is 16.5. The van der Waals surface area contributed by atoms with E-state index in [-0.39, 0.29) is 0 Å². The van der Waals surface area contributed by atoms with E-state index in [9.17, 15) is 0 Å². The van der Waals surface area contributed by atoms with Crippen molar-refractivity contribution >= 4 is 5.69 Å². The van der Waals surface area contributed by atoms with E-state index < -0.39 is 0 Å². The monoisotopic (exact) mass is 289 g/mol. The van der Waals surface area contributed by atoms with Crippen molar-refractivity contribution in [2.75, 3.05) is 27.1 Å². The molecule has 0 aromatic heterocycles. The molecule has 2 rings (SSSR count). The number of benzene rings is 2. The number of ether oxygens (including phenoxy) is 4. The fraction of sp³-hybridized carbons (Fsp3) is 0.250. The van der Waals surface area contributed by atoms with Crippen LogP contribution in [0.3, 0.4) is 0 Å². The van der Waals surface area contributed by atoms with Crippen LogP contribution in [0.25, 0.3) is 0 Å². The molecule has 0 fully saturated rings. The summed E-state index contributed by atoms with van der Waals surface area (Å²) in [5.74, 6) is 2.67. The lowest BCUT2D eigenvalue weighted by Crippen LogP contribution is -2.00. The Kier molecular flexibility index (Phi) is 4.77.